The molecule has 0 fully saturated rings. The van der Waals surface area contributed by atoms with Crippen LogP contribution in [0.1, 0.15) is 48.7 Å². The maximum Gasteiger partial charge on any atom is 0.288 e. The minimum atomic E-state index is -0.485. The van der Waals surface area contributed by atoms with Crippen molar-refractivity contribution in [3.05, 3.63) is 78.2 Å². The third-order valence-electron chi connectivity index (χ3n) is 6.53. The van der Waals surface area contributed by atoms with Gasteiger partial charge < -0.3 is 15.1 Å². The number of amides is 3. The van der Waals surface area contributed by atoms with Gasteiger partial charge in [0.1, 0.15) is 12.4 Å². The quantitative estimate of drug-likeness (QED) is 0.0988. The largest absolute Gasteiger partial charge is 0.451 e. The molecule has 0 aliphatic rings. The van der Waals surface area contributed by atoms with Crippen LogP contribution in [-0.2, 0) is 28.1 Å². The molecule has 0 bridgehead atoms. The predicted molar refractivity (Wildman–Crippen MR) is 151 cm³/mol. The second-order valence-electron chi connectivity index (χ2n) is 9.62. The lowest BCUT2D eigenvalue weighted by molar-refractivity contribution is -0.182. The van der Waals surface area contributed by atoms with Crippen LogP contribution in [0.3, 0.4) is 0 Å². The average molecular weight is 546 g/mol. The number of nitrogens with zero attached hydrogens (tertiary/aromatic N) is 3. The lowest BCUT2D eigenvalue weighted by atomic mass is 10.0. The van der Waals surface area contributed by atoms with Crippen LogP contribution in [0.5, 0.6) is 0 Å². The Kier molecular flexibility index (Phi) is 10.1. The summed E-state index contributed by atoms with van der Waals surface area (Å²) in [6, 6.07) is 18.6. The van der Waals surface area contributed by atoms with E-state index in [2.05, 4.69) is 22.7 Å². The molecule has 210 valence electrons. The van der Waals surface area contributed by atoms with Gasteiger partial charge in [-0.25, -0.2) is 5.06 Å². The molecule has 4 aromatic rings. The van der Waals surface area contributed by atoms with E-state index in [1.54, 1.807) is 16.8 Å². The lowest BCUT2D eigenvalue weighted by Gasteiger charge is -2.23. The molecule has 40 heavy (non-hydrogen) atoms. The van der Waals surface area contributed by atoms with Gasteiger partial charge in [-0.3, -0.25) is 23.9 Å². The zero-order chi connectivity index (χ0) is 28.3. The third-order valence-corrected chi connectivity index (χ3v) is 6.53. The second kappa shape index (κ2) is 14.1. The number of nitrogens with one attached hydrogen (secondary N) is 2. The molecule has 0 saturated heterocycles. The highest BCUT2D eigenvalue weighted by molar-refractivity contribution is 5.92. The molecule has 2 heterocycles. The van der Waals surface area contributed by atoms with Crippen molar-refractivity contribution in [2.45, 2.75) is 39.2 Å². The molecule has 2 aromatic carbocycles. The number of rotatable bonds is 15. The number of fused-ring (bicyclic) bond motifs is 1. The second-order valence-corrected chi connectivity index (χ2v) is 9.62. The number of hydroxylamine groups is 2. The van der Waals surface area contributed by atoms with Crippen molar-refractivity contribution in [3.8, 4) is 11.3 Å². The predicted octanol–water partition coefficient (Wildman–Crippen LogP) is 4.42. The molecule has 0 radical (unpaired) electrons. The summed E-state index contributed by atoms with van der Waals surface area (Å²) in [7, 11) is 1.86. The first-order valence-corrected chi connectivity index (χ1v) is 13.4. The van der Waals surface area contributed by atoms with Gasteiger partial charge in [0.25, 0.3) is 5.91 Å². The summed E-state index contributed by atoms with van der Waals surface area (Å²) in [6.45, 7) is 2.34. The fourth-order valence-electron chi connectivity index (χ4n) is 4.37. The van der Waals surface area contributed by atoms with Crippen LogP contribution in [-0.4, -0.2) is 46.3 Å². The zero-order valence-corrected chi connectivity index (χ0v) is 22.8. The number of furan rings is 1. The molecular weight excluding hydrogens is 510 g/mol. The summed E-state index contributed by atoms with van der Waals surface area (Å²) < 4.78 is 7.51. The number of carbonyl (C=O) groups is 3. The van der Waals surface area contributed by atoms with E-state index >= 15 is 0 Å². The monoisotopic (exact) mass is 545 g/mol. The SMILES string of the molecule is CCCCC[C@H](CN(C=O)OCc1ccccc1)C(=O)NCNC(=O)c1ccc(-c2ccc3cn(C)nc3c2)o1. The number of carbonyl (C=O) groups excluding carboxylic acids is 3. The Labute approximate surface area is 233 Å². The molecule has 10 heteroatoms. The van der Waals surface area contributed by atoms with E-state index < -0.39 is 11.8 Å². The normalized spacial score (nSPS) is 11.8. The van der Waals surface area contributed by atoms with E-state index in [9.17, 15) is 14.4 Å². The Morgan fingerprint density at radius 2 is 1.93 bits per heavy atom. The number of benzene rings is 2. The molecule has 4 rings (SSSR count). The molecule has 3 amide bonds. The fourth-order valence-corrected chi connectivity index (χ4v) is 4.37. The molecule has 0 aliphatic heterocycles. The summed E-state index contributed by atoms with van der Waals surface area (Å²) in [5.41, 5.74) is 2.56. The highest BCUT2D eigenvalue weighted by Gasteiger charge is 2.22. The molecule has 0 spiro atoms. The molecule has 0 saturated carbocycles. The van der Waals surface area contributed by atoms with Gasteiger partial charge in [0.15, 0.2) is 5.76 Å². The molecule has 10 nitrogen and oxygen atoms in total. The molecule has 2 aromatic heterocycles. The van der Waals surface area contributed by atoms with E-state index in [0.29, 0.717) is 18.6 Å². The number of hydrogen-bond acceptors (Lipinski definition) is 6. The summed E-state index contributed by atoms with van der Waals surface area (Å²) in [5.74, 6) is -0.529. The highest BCUT2D eigenvalue weighted by atomic mass is 16.7. The van der Waals surface area contributed by atoms with Crippen molar-refractivity contribution in [3.63, 3.8) is 0 Å². The van der Waals surface area contributed by atoms with Gasteiger partial charge in [-0.1, -0.05) is 68.7 Å². The van der Waals surface area contributed by atoms with Crippen molar-refractivity contribution in [2.24, 2.45) is 13.0 Å². The minimum absolute atomic E-state index is 0.0795. The molecule has 0 unspecified atom stereocenters. The highest BCUT2D eigenvalue weighted by Crippen LogP contribution is 2.25. The van der Waals surface area contributed by atoms with Crippen molar-refractivity contribution in [1.82, 2.24) is 25.5 Å². The summed E-state index contributed by atoms with van der Waals surface area (Å²) >= 11 is 0. The van der Waals surface area contributed by atoms with E-state index in [0.717, 1.165) is 46.4 Å². The molecule has 2 N–H and O–H groups in total. The maximum absolute atomic E-state index is 13.0. The van der Waals surface area contributed by atoms with Gasteiger partial charge in [-0.2, -0.15) is 5.10 Å². The van der Waals surface area contributed by atoms with Gasteiger partial charge in [-0.15, -0.1) is 0 Å². The Hall–Kier alpha value is -4.44. The zero-order valence-electron chi connectivity index (χ0n) is 22.8. The van der Waals surface area contributed by atoms with Crippen LogP contribution in [0, 0.1) is 5.92 Å². The summed E-state index contributed by atoms with van der Waals surface area (Å²) in [5, 5.41) is 12.0. The van der Waals surface area contributed by atoms with Crippen LogP contribution in [0.25, 0.3) is 22.2 Å². The van der Waals surface area contributed by atoms with Crippen LogP contribution in [0.15, 0.2) is 71.3 Å². The first-order chi connectivity index (χ1) is 19.5. The van der Waals surface area contributed by atoms with Crippen molar-refractivity contribution in [1.29, 1.82) is 0 Å². The van der Waals surface area contributed by atoms with E-state index in [1.165, 1.54) is 0 Å². The Bertz CT molecular complexity index is 1410. The average Bonchev–Trinajstić information content (AvgIpc) is 3.61. The van der Waals surface area contributed by atoms with Gasteiger partial charge in [0.05, 0.1) is 24.6 Å². The van der Waals surface area contributed by atoms with Crippen LogP contribution < -0.4 is 10.6 Å². The summed E-state index contributed by atoms with van der Waals surface area (Å²) in [4.78, 5) is 42.9. The number of unbranched alkanes of at least 4 members (excludes halogenated alkanes) is 2. The minimum Gasteiger partial charge on any atom is -0.451 e. The summed E-state index contributed by atoms with van der Waals surface area (Å²) in [6.07, 6.45) is 5.93. The number of hydrogen-bond donors (Lipinski definition) is 2. The fraction of sp³-hybridized carbons (Fsp3) is 0.333. The number of aromatic nitrogens is 2. The molecule has 0 aliphatic carbocycles. The Morgan fingerprint density at radius 3 is 2.70 bits per heavy atom. The van der Waals surface area contributed by atoms with E-state index in [1.807, 2.05) is 61.8 Å². The van der Waals surface area contributed by atoms with Gasteiger partial charge >= 0.3 is 0 Å². The van der Waals surface area contributed by atoms with Gasteiger partial charge in [0.2, 0.25) is 12.3 Å². The Balaban J connectivity index is 1.30. The van der Waals surface area contributed by atoms with Crippen LogP contribution >= 0.6 is 0 Å². The van der Waals surface area contributed by atoms with E-state index in [-0.39, 0.29) is 31.5 Å². The first kappa shape index (κ1) is 28.6. The molecule has 1 atom stereocenters. The van der Waals surface area contributed by atoms with Gasteiger partial charge in [0, 0.05) is 24.2 Å². The van der Waals surface area contributed by atoms with Crippen LogP contribution in [0.2, 0.25) is 0 Å². The smallest absolute Gasteiger partial charge is 0.288 e. The standard InChI is InChI=1S/C30H35N5O5/c1-3-4-6-11-25(18-35(21-36)39-19-22-9-7-5-8-10-22)29(37)31-20-32-30(38)28-15-14-27(40-28)23-12-13-24-17-34(2)33-26(24)16-23/h5,7-10,12-17,21,25H,3-4,6,11,18-20H2,1-2H3,(H,31,37)(H,32,38)/t25-/m1/s1. The van der Waals surface area contributed by atoms with Crippen molar-refractivity contribution >= 4 is 29.1 Å². The Morgan fingerprint density at radius 1 is 1.10 bits per heavy atom. The third kappa shape index (κ3) is 7.79. The van der Waals surface area contributed by atoms with Crippen molar-refractivity contribution in [2.75, 3.05) is 13.2 Å². The topological polar surface area (TPSA) is 119 Å². The number of aryl methyl sites for hydroxylation is 1. The lowest BCUT2D eigenvalue weighted by Crippen LogP contribution is -2.43. The first-order valence-electron chi connectivity index (χ1n) is 13.4. The van der Waals surface area contributed by atoms with Crippen molar-refractivity contribution < 1.29 is 23.6 Å². The van der Waals surface area contributed by atoms with Crippen LogP contribution in [0.4, 0.5) is 0 Å². The molecular formula is C30H35N5O5. The van der Waals surface area contributed by atoms with E-state index in [4.69, 9.17) is 9.25 Å². The maximum atomic E-state index is 13.0. The van der Waals surface area contributed by atoms with Gasteiger partial charge in [-0.05, 0) is 30.2 Å².